The second-order valence-electron chi connectivity index (χ2n) is 3.71. The Morgan fingerprint density at radius 3 is 2.93 bits per heavy atom. The van der Waals surface area contributed by atoms with Gasteiger partial charge in [0.2, 0.25) is 0 Å². The fraction of sp³-hybridized carbons (Fsp3) is 0.333. The van der Waals surface area contributed by atoms with Crippen LogP contribution in [0.3, 0.4) is 0 Å². The number of aryl methyl sites for hydroxylation is 2. The Bertz CT molecular complexity index is 429. The molecule has 0 amide bonds. The van der Waals surface area contributed by atoms with Crippen LogP contribution in [0.2, 0.25) is 0 Å². The van der Waals surface area contributed by atoms with Gasteiger partial charge in [0.1, 0.15) is 0 Å². The van der Waals surface area contributed by atoms with Gasteiger partial charge in [-0.3, -0.25) is 0 Å². The van der Waals surface area contributed by atoms with Gasteiger partial charge in [-0.15, -0.1) is 0 Å². The lowest BCUT2D eigenvalue weighted by atomic mass is 10.1. The van der Waals surface area contributed by atoms with Crippen LogP contribution in [-0.2, 0) is 13.5 Å². The molecule has 0 radical (unpaired) electrons. The summed E-state index contributed by atoms with van der Waals surface area (Å²) in [5.41, 5.74) is 8.17. The summed E-state index contributed by atoms with van der Waals surface area (Å²) >= 11 is 0. The maximum absolute atomic E-state index is 5.49. The highest BCUT2D eigenvalue weighted by Gasteiger charge is 1.98. The van der Waals surface area contributed by atoms with Crippen LogP contribution >= 0.6 is 0 Å². The van der Waals surface area contributed by atoms with Crippen LogP contribution in [0.15, 0.2) is 30.5 Å². The molecule has 0 fully saturated rings. The van der Waals surface area contributed by atoms with Crippen molar-refractivity contribution in [2.75, 3.05) is 6.54 Å². The van der Waals surface area contributed by atoms with Gasteiger partial charge in [-0.1, -0.05) is 6.07 Å². The summed E-state index contributed by atoms with van der Waals surface area (Å²) in [4.78, 5) is 0. The molecule has 14 heavy (non-hydrogen) atoms. The third-order valence-corrected chi connectivity index (χ3v) is 2.62. The molecule has 0 aliphatic carbocycles. The van der Waals surface area contributed by atoms with Gasteiger partial charge >= 0.3 is 0 Å². The zero-order valence-electron chi connectivity index (χ0n) is 8.53. The quantitative estimate of drug-likeness (QED) is 0.785. The van der Waals surface area contributed by atoms with E-state index in [1.54, 1.807) is 0 Å². The second kappa shape index (κ2) is 3.84. The summed E-state index contributed by atoms with van der Waals surface area (Å²) in [6, 6.07) is 8.78. The molecule has 0 bridgehead atoms. The monoisotopic (exact) mass is 188 g/mol. The summed E-state index contributed by atoms with van der Waals surface area (Å²) in [6.45, 7) is 0.771. The van der Waals surface area contributed by atoms with Crippen molar-refractivity contribution < 1.29 is 0 Å². The standard InChI is InChI=1S/C12H16N2/c1-14-8-6-11-9-10(3-2-7-13)4-5-12(11)14/h4-6,8-9H,2-3,7,13H2,1H3. The second-order valence-corrected chi connectivity index (χ2v) is 3.71. The molecule has 74 valence electrons. The van der Waals surface area contributed by atoms with Crippen molar-refractivity contribution in [1.29, 1.82) is 0 Å². The number of hydrogen-bond donors (Lipinski definition) is 1. The summed E-state index contributed by atoms with van der Waals surface area (Å²) in [7, 11) is 2.07. The van der Waals surface area contributed by atoms with Gasteiger partial charge in [0.15, 0.2) is 0 Å². The van der Waals surface area contributed by atoms with Crippen LogP contribution in [0.4, 0.5) is 0 Å². The first kappa shape index (κ1) is 9.28. The first-order valence-electron chi connectivity index (χ1n) is 5.05. The number of hydrogen-bond acceptors (Lipinski definition) is 1. The molecule has 0 saturated heterocycles. The Morgan fingerprint density at radius 1 is 1.29 bits per heavy atom. The highest BCUT2D eigenvalue weighted by Crippen LogP contribution is 2.17. The Morgan fingerprint density at radius 2 is 2.14 bits per heavy atom. The lowest BCUT2D eigenvalue weighted by Crippen LogP contribution is -2.00. The number of rotatable bonds is 3. The van der Waals surface area contributed by atoms with Gasteiger partial charge in [0.05, 0.1) is 0 Å². The first-order valence-corrected chi connectivity index (χ1v) is 5.05. The van der Waals surface area contributed by atoms with Crippen LogP contribution in [-0.4, -0.2) is 11.1 Å². The Labute approximate surface area is 84.3 Å². The molecule has 1 aromatic heterocycles. The van der Waals surface area contributed by atoms with E-state index in [2.05, 4.69) is 42.1 Å². The Kier molecular flexibility index (Phi) is 2.55. The molecule has 2 N–H and O–H groups in total. The van der Waals surface area contributed by atoms with Crippen LogP contribution in [0.5, 0.6) is 0 Å². The molecule has 1 heterocycles. The zero-order valence-corrected chi connectivity index (χ0v) is 8.53. The van der Waals surface area contributed by atoms with E-state index in [9.17, 15) is 0 Å². The average Bonchev–Trinajstić information content (AvgIpc) is 2.57. The molecule has 2 aromatic rings. The van der Waals surface area contributed by atoms with E-state index in [1.807, 2.05) is 0 Å². The van der Waals surface area contributed by atoms with Crippen molar-refractivity contribution in [3.8, 4) is 0 Å². The molecule has 0 saturated carbocycles. The molecule has 0 unspecified atom stereocenters. The van der Waals surface area contributed by atoms with Crippen molar-refractivity contribution in [2.24, 2.45) is 12.8 Å². The fourth-order valence-corrected chi connectivity index (χ4v) is 1.79. The zero-order chi connectivity index (χ0) is 9.97. The van der Waals surface area contributed by atoms with Crippen molar-refractivity contribution in [3.05, 3.63) is 36.0 Å². The SMILES string of the molecule is Cn1ccc2cc(CCCN)ccc21. The van der Waals surface area contributed by atoms with E-state index >= 15 is 0 Å². The van der Waals surface area contributed by atoms with Gasteiger partial charge in [-0.25, -0.2) is 0 Å². The number of nitrogens with two attached hydrogens (primary N) is 1. The largest absolute Gasteiger partial charge is 0.351 e. The van der Waals surface area contributed by atoms with E-state index < -0.39 is 0 Å². The van der Waals surface area contributed by atoms with Crippen molar-refractivity contribution in [1.82, 2.24) is 4.57 Å². The molecule has 2 rings (SSSR count). The van der Waals surface area contributed by atoms with Crippen LogP contribution in [0.1, 0.15) is 12.0 Å². The Hall–Kier alpha value is -1.28. The van der Waals surface area contributed by atoms with Gasteiger partial charge in [-0.05, 0) is 48.5 Å². The van der Waals surface area contributed by atoms with Crippen LogP contribution in [0, 0.1) is 0 Å². The molecule has 2 heteroatoms. The molecule has 0 spiro atoms. The lowest BCUT2D eigenvalue weighted by molar-refractivity contribution is 0.833. The van der Waals surface area contributed by atoms with Gasteiger partial charge in [0, 0.05) is 18.8 Å². The van der Waals surface area contributed by atoms with Crippen LogP contribution < -0.4 is 5.73 Å². The minimum atomic E-state index is 0.771. The number of aromatic nitrogens is 1. The van der Waals surface area contributed by atoms with Gasteiger partial charge in [0.25, 0.3) is 0 Å². The van der Waals surface area contributed by atoms with Crippen molar-refractivity contribution in [3.63, 3.8) is 0 Å². The van der Waals surface area contributed by atoms with Crippen LogP contribution in [0.25, 0.3) is 10.9 Å². The number of fused-ring (bicyclic) bond motifs is 1. The van der Waals surface area contributed by atoms with Gasteiger partial charge < -0.3 is 10.3 Å². The lowest BCUT2D eigenvalue weighted by Gasteiger charge is -2.01. The highest BCUT2D eigenvalue weighted by molar-refractivity contribution is 5.80. The van der Waals surface area contributed by atoms with E-state index in [4.69, 9.17) is 5.73 Å². The predicted octanol–water partition coefficient (Wildman–Crippen LogP) is 2.07. The maximum Gasteiger partial charge on any atom is 0.0477 e. The predicted molar refractivity (Wildman–Crippen MR) is 60.3 cm³/mol. The Balaban J connectivity index is 2.32. The van der Waals surface area contributed by atoms with Gasteiger partial charge in [-0.2, -0.15) is 0 Å². The molecule has 0 aliphatic rings. The number of nitrogens with zero attached hydrogens (tertiary/aromatic N) is 1. The first-order chi connectivity index (χ1) is 6.81. The summed E-state index contributed by atoms with van der Waals surface area (Å²) in [5.74, 6) is 0. The minimum absolute atomic E-state index is 0.771. The summed E-state index contributed by atoms with van der Waals surface area (Å²) in [5, 5.41) is 1.32. The third-order valence-electron chi connectivity index (χ3n) is 2.62. The smallest absolute Gasteiger partial charge is 0.0477 e. The van der Waals surface area contributed by atoms with E-state index in [0.29, 0.717) is 0 Å². The topological polar surface area (TPSA) is 30.9 Å². The minimum Gasteiger partial charge on any atom is -0.351 e. The molecule has 0 aliphatic heterocycles. The van der Waals surface area contributed by atoms with E-state index in [-0.39, 0.29) is 0 Å². The molecule has 2 nitrogen and oxygen atoms in total. The van der Waals surface area contributed by atoms with E-state index in [0.717, 1.165) is 19.4 Å². The molecule has 0 atom stereocenters. The molecule has 1 aromatic carbocycles. The normalized spacial score (nSPS) is 11.0. The number of benzene rings is 1. The summed E-state index contributed by atoms with van der Waals surface area (Å²) < 4.78 is 2.14. The van der Waals surface area contributed by atoms with Crippen molar-refractivity contribution in [2.45, 2.75) is 12.8 Å². The fourth-order valence-electron chi connectivity index (χ4n) is 1.79. The summed E-state index contributed by atoms with van der Waals surface area (Å²) in [6.07, 6.45) is 4.25. The maximum atomic E-state index is 5.49. The van der Waals surface area contributed by atoms with E-state index in [1.165, 1.54) is 16.5 Å². The van der Waals surface area contributed by atoms with Crippen molar-refractivity contribution >= 4 is 10.9 Å². The third kappa shape index (κ3) is 1.66. The molecular weight excluding hydrogens is 172 g/mol. The molecular formula is C12H16N2. The average molecular weight is 188 g/mol. The highest BCUT2D eigenvalue weighted by atomic mass is 14.9.